The van der Waals surface area contributed by atoms with E-state index < -0.39 is 49.5 Å². The molecule has 0 amide bonds. The molecule has 12 nitrogen and oxygen atoms in total. The molecule has 0 bridgehead atoms. The Balaban J connectivity index is 1.92. The predicted molar refractivity (Wildman–Crippen MR) is 114 cm³/mol. The van der Waals surface area contributed by atoms with Gasteiger partial charge in [0.2, 0.25) is 0 Å². The molecule has 1 aromatic heterocycles. The first-order valence-electron chi connectivity index (χ1n) is 10.6. The maximum absolute atomic E-state index is 13.8. The number of nitrogens with two attached hydrogens (primary N) is 1. The van der Waals surface area contributed by atoms with Gasteiger partial charge in [0.25, 0.3) is 0 Å². The highest BCUT2D eigenvalue weighted by atomic mass is 31.2. The number of aliphatic carboxylic acids is 1. The number of aliphatic hydroxyl groups is 1. The maximum Gasteiger partial charge on any atom is 0.409 e. The molecule has 6 atom stereocenters. The van der Waals surface area contributed by atoms with Crippen LogP contribution in [-0.2, 0) is 23.1 Å². The third-order valence-corrected chi connectivity index (χ3v) is 8.30. The average molecular weight is 474 g/mol. The number of carboxylic acids is 1. The average Bonchev–Trinajstić information content (AvgIpc) is 2.98. The van der Waals surface area contributed by atoms with E-state index in [-0.39, 0.29) is 24.9 Å². The molecule has 3 rings (SSSR count). The number of nitrogens with zero attached hydrogens (tertiary/aromatic N) is 3. The fraction of sp³-hybridized carbons (Fsp3) is 0.737. The molecule has 0 saturated carbocycles. The smallest absolute Gasteiger partial charge is 0.409 e. The van der Waals surface area contributed by atoms with Crippen LogP contribution in [0.2, 0.25) is 0 Å². The van der Waals surface area contributed by atoms with Gasteiger partial charge in [-0.1, -0.05) is 26.7 Å². The molecular formula is C19H31N4O8P. The van der Waals surface area contributed by atoms with Crippen LogP contribution in [0.4, 0.5) is 5.82 Å². The summed E-state index contributed by atoms with van der Waals surface area (Å²) in [7, 11) is -4.11. The zero-order valence-corrected chi connectivity index (χ0v) is 19.5. The Morgan fingerprint density at radius 3 is 2.69 bits per heavy atom. The van der Waals surface area contributed by atoms with Gasteiger partial charge in [0.15, 0.2) is 6.23 Å². The Bertz CT molecular complexity index is 950. The van der Waals surface area contributed by atoms with Crippen LogP contribution in [0.5, 0.6) is 0 Å². The molecule has 2 fully saturated rings. The lowest BCUT2D eigenvalue weighted by atomic mass is 9.96. The molecule has 32 heavy (non-hydrogen) atoms. The number of rotatable bonds is 8. The maximum atomic E-state index is 13.8. The summed E-state index contributed by atoms with van der Waals surface area (Å²) in [6.45, 7) is 6.71. The third kappa shape index (κ3) is 4.48. The van der Waals surface area contributed by atoms with E-state index in [4.69, 9.17) is 19.5 Å². The van der Waals surface area contributed by atoms with Crippen LogP contribution in [0, 0.1) is 5.92 Å². The molecule has 0 aliphatic carbocycles. The second-order valence-electron chi connectivity index (χ2n) is 8.40. The number of carboxylic acid groups (broad SMARTS) is 1. The Labute approximate surface area is 185 Å². The van der Waals surface area contributed by atoms with Crippen molar-refractivity contribution < 1.29 is 33.4 Å². The number of ether oxygens (including phenoxy) is 1. The normalized spacial score (nSPS) is 33.4. The summed E-state index contributed by atoms with van der Waals surface area (Å²) in [5.41, 5.74) is 3.01. The minimum atomic E-state index is -4.11. The van der Waals surface area contributed by atoms with Crippen LogP contribution in [0.25, 0.3) is 0 Å². The minimum absolute atomic E-state index is 0.0186. The van der Waals surface area contributed by atoms with E-state index >= 15 is 0 Å². The number of hydrogen-bond acceptors (Lipinski definition) is 9. The highest BCUT2D eigenvalue weighted by molar-refractivity contribution is 7.51. The minimum Gasteiger partial charge on any atom is -0.480 e. The van der Waals surface area contributed by atoms with E-state index in [0.29, 0.717) is 0 Å². The van der Waals surface area contributed by atoms with E-state index in [2.05, 4.69) is 4.98 Å². The van der Waals surface area contributed by atoms with Crippen LogP contribution < -0.4 is 11.4 Å². The molecule has 13 heteroatoms. The van der Waals surface area contributed by atoms with Crippen molar-refractivity contribution in [2.75, 3.05) is 18.9 Å². The number of nitrogen functional groups attached to an aromatic ring is 1. The molecule has 3 heterocycles. The standard InChI is InChI=1S/C19H31N4O8P/c1-5-12(6-2)9-23(11(3)16(24)25)32(28)29-10-13-15(31-32)19(4,27)17(30-13)22-8-7-14(20)21-18(22)26/h7-8,11-13,15,17,27H,5-6,9-10H2,1-4H3,(H,24,25)(H2,20,21,26)/t11-,13+,15+,17+,19+,32?/m0/s1. The van der Waals surface area contributed by atoms with E-state index in [9.17, 15) is 24.4 Å². The summed E-state index contributed by atoms with van der Waals surface area (Å²) in [5, 5.41) is 20.8. The molecule has 2 saturated heterocycles. The Morgan fingerprint density at radius 1 is 1.47 bits per heavy atom. The fourth-order valence-electron chi connectivity index (χ4n) is 4.03. The highest BCUT2D eigenvalue weighted by Crippen LogP contribution is 2.61. The Morgan fingerprint density at radius 2 is 2.12 bits per heavy atom. The lowest BCUT2D eigenvalue weighted by Gasteiger charge is -2.41. The Kier molecular flexibility index (Phi) is 7.14. The summed E-state index contributed by atoms with van der Waals surface area (Å²) in [6, 6.07) is 0.238. The number of aromatic nitrogens is 2. The van der Waals surface area contributed by atoms with Gasteiger partial charge < -0.3 is 20.7 Å². The van der Waals surface area contributed by atoms with Gasteiger partial charge in [-0.15, -0.1) is 0 Å². The van der Waals surface area contributed by atoms with Gasteiger partial charge in [-0.05, 0) is 25.8 Å². The number of fused-ring (bicyclic) bond motifs is 1. The molecule has 180 valence electrons. The summed E-state index contributed by atoms with van der Waals surface area (Å²) in [6.07, 6.45) is -0.327. The van der Waals surface area contributed by atoms with E-state index in [0.717, 1.165) is 17.4 Å². The van der Waals surface area contributed by atoms with Crippen molar-refractivity contribution in [1.29, 1.82) is 0 Å². The number of carbonyl (C=O) groups is 1. The van der Waals surface area contributed by atoms with Gasteiger partial charge >= 0.3 is 19.4 Å². The summed E-state index contributed by atoms with van der Waals surface area (Å²) in [5.74, 6) is -1.09. The first kappa shape index (κ1) is 24.8. The number of hydrogen-bond donors (Lipinski definition) is 3. The third-order valence-electron chi connectivity index (χ3n) is 6.19. The van der Waals surface area contributed by atoms with E-state index in [1.54, 1.807) is 0 Å². The summed E-state index contributed by atoms with van der Waals surface area (Å²) >= 11 is 0. The van der Waals surface area contributed by atoms with Crippen molar-refractivity contribution in [3.05, 3.63) is 22.7 Å². The van der Waals surface area contributed by atoms with Crippen LogP contribution >= 0.6 is 7.75 Å². The van der Waals surface area contributed by atoms with E-state index in [1.165, 1.54) is 30.8 Å². The second kappa shape index (κ2) is 9.20. The van der Waals surface area contributed by atoms with Crippen molar-refractivity contribution in [2.45, 2.75) is 70.6 Å². The lowest BCUT2D eigenvalue weighted by molar-refractivity contribution is -0.142. The van der Waals surface area contributed by atoms with Gasteiger partial charge in [-0.2, -0.15) is 9.65 Å². The topological polar surface area (TPSA) is 166 Å². The first-order valence-corrected chi connectivity index (χ1v) is 12.1. The van der Waals surface area contributed by atoms with Gasteiger partial charge in [0.1, 0.15) is 29.7 Å². The molecule has 0 radical (unpaired) electrons. The van der Waals surface area contributed by atoms with Gasteiger partial charge in [0, 0.05) is 12.7 Å². The zero-order chi connectivity index (χ0) is 23.8. The fourth-order valence-corrected chi connectivity index (χ4v) is 6.29. The molecule has 2 aliphatic heterocycles. The number of anilines is 1. The lowest BCUT2D eigenvalue weighted by Crippen LogP contribution is -2.51. The van der Waals surface area contributed by atoms with Crippen molar-refractivity contribution in [1.82, 2.24) is 14.2 Å². The molecule has 1 aromatic rings. The van der Waals surface area contributed by atoms with Gasteiger partial charge in [-0.3, -0.25) is 18.4 Å². The SMILES string of the molecule is CCC(CC)CN([C@@H](C)C(=O)O)P1(=O)OC[C@H]2O[C@@H](n3ccc(N)nc3=O)[C@](C)(O)[C@@H]2O1. The van der Waals surface area contributed by atoms with Gasteiger partial charge in [-0.25, -0.2) is 9.36 Å². The highest BCUT2D eigenvalue weighted by Gasteiger charge is 2.61. The molecular weight excluding hydrogens is 443 g/mol. The van der Waals surface area contributed by atoms with Crippen LogP contribution in [-0.4, -0.2) is 67.4 Å². The van der Waals surface area contributed by atoms with E-state index in [1.807, 2.05) is 13.8 Å². The van der Waals surface area contributed by atoms with Gasteiger partial charge in [0.05, 0.1) is 6.61 Å². The van der Waals surface area contributed by atoms with Crippen molar-refractivity contribution in [3.8, 4) is 0 Å². The van der Waals surface area contributed by atoms with Crippen LogP contribution in [0.15, 0.2) is 17.1 Å². The molecule has 0 spiro atoms. The summed E-state index contributed by atoms with van der Waals surface area (Å²) < 4.78 is 33.3. The molecule has 4 N–H and O–H groups in total. The summed E-state index contributed by atoms with van der Waals surface area (Å²) in [4.78, 5) is 27.7. The van der Waals surface area contributed by atoms with Crippen LogP contribution in [0.3, 0.4) is 0 Å². The second-order valence-corrected chi connectivity index (χ2v) is 10.3. The first-order chi connectivity index (χ1) is 14.9. The molecule has 1 unspecified atom stereocenters. The predicted octanol–water partition coefficient (Wildman–Crippen LogP) is 1.21. The zero-order valence-electron chi connectivity index (χ0n) is 18.6. The largest absolute Gasteiger partial charge is 0.480 e. The van der Waals surface area contributed by atoms with Crippen molar-refractivity contribution in [3.63, 3.8) is 0 Å². The molecule has 0 aromatic carbocycles. The van der Waals surface area contributed by atoms with Crippen LogP contribution in [0.1, 0.15) is 46.8 Å². The Hall–Kier alpha value is -1.82. The van der Waals surface area contributed by atoms with Crippen molar-refractivity contribution in [2.24, 2.45) is 5.92 Å². The quantitative estimate of drug-likeness (QED) is 0.463. The molecule has 2 aliphatic rings. The van der Waals surface area contributed by atoms with Crippen molar-refractivity contribution >= 4 is 19.5 Å². The monoisotopic (exact) mass is 474 g/mol.